The lowest BCUT2D eigenvalue weighted by atomic mass is 10.2. The number of anilines is 1. The Kier molecular flexibility index (Phi) is 5.26. The molecular weight excluding hydrogens is 270 g/mol. The Morgan fingerprint density at radius 2 is 2.00 bits per heavy atom. The van der Waals surface area contributed by atoms with Gasteiger partial charge in [0.1, 0.15) is 5.82 Å². The van der Waals surface area contributed by atoms with Gasteiger partial charge in [0.2, 0.25) is 0 Å². The van der Waals surface area contributed by atoms with Gasteiger partial charge in [0.05, 0.1) is 11.3 Å². The third-order valence-corrected chi connectivity index (χ3v) is 2.61. The fourth-order valence-corrected chi connectivity index (χ4v) is 1.60. The van der Waals surface area contributed by atoms with E-state index in [0.29, 0.717) is 12.6 Å². The lowest BCUT2D eigenvalue weighted by Gasteiger charge is -2.11. The van der Waals surface area contributed by atoms with Crippen LogP contribution in [0.3, 0.4) is 0 Å². The maximum Gasteiger partial charge on any atom is 0.416 e. The zero-order valence-electron chi connectivity index (χ0n) is 9.82. The lowest BCUT2D eigenvalue weighted by molar-refractivity contribution is -0.137. The quantitative estimate of drug-likeness (QED) is 0.471. The molecule has 1 N–H and O–H groups in total. The van der Waals surface area contributed by atoms with E-state index in [4.69, 9.17) is 11.6 Å². The second kappa shape index (κ2) is 6.27. The predicted molar refractivity (Wildman–Crippen MR) is 64.4 cm³/mol. The van der Waals surface area contributed by atoms with E-state index in [1.54, 1.807) is 0 Å². The number of hydrogen-bond donors (Lipinski definition) is 1. The van der Waals surface area contributed by atoms with Crippen LogP contribution in [0.15, 0.2) is 18.2 Å². The Labute approximate surface area is 108 Å². The summed E-state index contributed by atoms with van der Waals surface area (Å²) in [4.78, 5) is 0. The minimum absolute atomic E-state index is 0.0317. The minimum Gasteiger partial charge on any atom is -0.383 e. The fraction of sp³-hybridized carbons (Fsp3) is 0.500. The fourth-order valence-electron chi connectivity index (χ4n) is 1.44. The van der Waals surface area contributed by atoms with Crippen LogP contribution < -0.4 is 5.32 Å². The van der Waals surface area contributed by atoms with Crippen molar-refractivity contribution in [3.8, 4) is 0 Å². The highest BCUT2D eigenvalue weighted by Crippen LogP contribution is 2.31. The van der Waals surface area contributed by atoms with E-state index >= 15 is 0 Å². The van der Waals surface area contributed by atoms with Crippen LogP contribution in [0.5, 0.6) is 0 Å². The highest BCUT2D eigenvalue weighted by atomic mass is 35.5. The van der Waals surface area contributed by atoms with Crippen molar-refractivity contribution < 1.29 is 17.6 Å². The summed E-state index contributed by atoms with van der Waals surface area (Å²) in [6, 6.07) is 2.45. The second-order valence-corrected chi connectivity index (χ2v) is 4.79. The minimum atomic E-state index is -4.52. The van der Waals surface area contributed by atoms with Crippen LogP contribution in [0.25, 0.3) is 0 Å². The molecule has 0 radical (unpaired) electrons. The average Bonchev–Trinajstić information content (AvgIpc) is 2.24. The maximum atomic E-state index is 13.4. The van der Waals surface area contributed by atoms with Gasteiger partial charge < -0.3 is 5.32 Å². The van der Waals surface area contributed by atoms with Crippen LogP contribution in [0.4, 0.5) is 23.2 Å². The van der Waals surface area contributed by atoms with Crippen LogP contribution in [0, 0.1) is 5.82 Å². The lowest BCUT2D eigenvalue weighted by Crippen LogP contribution is -2.08. The molecule has 0 heterocycles. The van der Waals surface area contributed by atoms with E-state index in [2.05, 4.69) is 5.32 Å². The molecule has 1 aromatic rings. The van der Waals surface area contributed by atoms with Crippen molar-refractivity contribution in [3.05, 3.63) is 29.6 Å². The van der Waals surface area contributed by atoms with E-state index < -0.39 is 17.6 Å². The molecule has 18 heavy (non-hydrogen) atoms. The summed E-state index contributed by atoms with van der Waals surface area (Å²) in [5, 5.41) is 2.78. The van der Waals surface area contributed by atoms with Gasteiger partial charge >= 0.3 is 6.18 Å². The number of nitrogens with one attached hydrogen (secondary N) is 1. The summed E-state index contributed by atoms with van der Waals surface area (Å²) in [7, 11) is 0. The molecule has 0 aliphatic rings. The molecule has 0 bridgehead atoms. The molecule has 102 valence electrons. The number of alkyl halides is 4. The molecule has 1 nitrogen and oxygen atoms in total. The van der Waals surface area contributed by atoms with Crippen molar-refractivity contribution in [2.75, 3.05) is 11.9 Å². The van der Waals surface area contributed by atoms with Crippen molar-refractivity contribution in [3.63, 3.8) is 0 Å². The first-order valence-electron chi connectivity index (χ1n) is 5.55. The van der Waals surface area contributed by atoms with E-state index in [-0.39, 0.29) is 11.1 Å². The first-order valence-corrected chi connectivity index (χ1v) is 5.99. The molecule has 0 amide bonds. The highest BCUT2D eigenvalue weighted by Gasteiger charge is 2.31. The van der Waals surface area contributed by atoms with Gasteiger partial charge in [0.15, 0.2) is 0 Å². The van der Waals surface area contributed by atoms with Gasteiger partial charge in [-0.25, -0.2) is 4.39 Å². The summed E-state index contributed by atoms with van der Waals surface area (Å²) in [5.41, 5.74) is -0.912. The zero-order valence-corrected chi connectivity index (χ0v) is 10.6. The second-order valence-electron chi connectivity index (χ2n) is 4.04. The number of rotatable bonds is 5. The Balaban J connectivity index is 2.58. The first kappa shape index (κ1) is 15.1. The number of halogens is 5. The zero-order chi connectivity index (χ0) is 13.8. The predicted octanol–water partition coefficient (Wildman–Crippen LogP) is 4.66. The molecule has 0 saturated heterocycles. The molecule has 1 unspecified atom stereocenters. The van der Waals surface area contributed by atoms with Crippen molar-refractivity contribution in [1.29, 1.82) is 0 Å². The maximum absolute atomic E-state index is 13.4. The molecule has 0 aliphatic carbocycles. The molecule has 6 heteroatoms. The molecule has 0 aromatic heterocycles. The van der Waals surface area contributed by atoms with E-state index in [9.17, 15) is 17.6 Å². The Bertz CT molecular complexity index is 390. The molecule has 0 aliphatic heterocycles. The van der Waals surface area contributed by atoms with Crippen LogP contribution in [-0.4, -0.2) is 11.9 Å². The van der Waals surface area contributed by atoms with Crippen LogP contribution in [0.1, 0.15) is 25.3 Å². The third kappa shape index (κ3) is 4.72. The van der Waals surface area contributed by atoms with Gasteiger partial charge in [0.25, 0.3) is 0 Å². The van der Waals surface area contributed by atoms with Crippen molar-refractivity contribution in [1.82, 2.24) is 0 Å². The molecule has 0 saturated carbocycles. The highest BCUT2D eigenvalue weighted by molar-refractivity contribution is 6.20. The van der Waals surface area contributed by atoms with Crippen molar-refractivity contribution in [2.45, 2.75) is 31.3 Å². The van der Waals surface area contributed by atoms with Gasteiger partial charge in [-0.3, -0.25) is 0 Å². The first-order chi connectivity index (χ1) is 8.30. The number of hydrogen-bond acceptors (Lipinski definition) is 1. The van der Waals surface area contributed by atoms with Crippen LogP contribution >= 0.6 is 11.6 Å². The molecule has 0 fully saturated rings. The number of benzene rings is 1. The van der Waals surface area contributed by atoms with Gasteiger partial charge in [-0.15, -0.1) is 11.6 Å². The van der Waals surface area contributed by atoms with Crippen LogP contribution in [0.2, 0.25) is 0 Å². The molecular formula is C12H14ClF4N. The van der Waals surface area contributed by atoms with Crippen LogP contribution in [-0.2, 0) is 6.18 Å². The normalized spacial score (nSPS) is 13.4. The summed E-state index contributed by atoms with van der Waals surface area (Å²) in [6.45, 7) is 2.32. The van der Waals surface area contributed by atoms with E-state index in [1.807, 2.05) is 6.92 Å². The Hall–Kier alpha value is -0.970. The smallest absolute Gasteiger partial charge is 0.383 e. The average molecular weight is 284 g/mol. The van der Waals surface area contributed by atoms with Gasteiger partial charge in [-0.05, 0) is 38.0 Å². The molecule has 1 rings (SSSR count). The standard InChI is InChI=1S/C12H14ClF4N/c1-8(13)3-2-6-18-11-5-4-9(7-10(11)14)12(15,16)17/h4-5,7-8,18H,2-3,6H2,1H3. The molecule has 0 spiro atoms. The van der Waals surface area contributed by atoms with E-state index in [0.717, 1.165) is 25.0 Å². The largest absolute Gasteiger partial charge is 0.416 e. The third-order valence-electron chi connectivity index (χ3n) is 2.39. The summed E-state index contributed by atoms with van der Waals surface area (Å²) in [5.74, 6) is -0.899. The Morgan fingerprint density at radius 1 is 1.33 bits per heavy atom. The summed E-state index contributed by atoms with van der Waals surface area (Å²) in [6.07, 6.45) is -3.03. The monoisotopic (exact) mass is 283 g/mol. The summed E-state index contributed by atoms with van der Waals surface area (Å²) >= 11 is 5.73. The Morgan fingerprint density at radius 3 is 2.50 bits per heavy atom. The van der Waals surface area contributed by atoms with Gasteiger partial charge in [-0.2, -0.15) is 13.2 Å². The van der Waals surface area contributed by atoms with Gasteiger partial charge in [-0.1, -0.05) is 0 Å². The van der Waals surface area contributed by atoms with Crippen molar-refractivity contribution in [2.24, 2.45) is 0 Å². The van der Waals surface area contributed by atoms with E-state index in [1.165, 1.54) is 0 Å². The molecule has 1 aromatic carbocycles. The topological polar surface area (TPSA) is 12.0 Å². The van der Waals surface area contributed by atoms with Crippen molar-refractivity contribution >= 4 is 17.3 Å². The molecule has 1 atom stereocenters. The van der Waals surface area contributed by atoms with Gasteiger partial charge in [0, 0.05) is 11.9 Å². The SMILES string of the molecule is CC(Cl)CCCNc1ccc(C(F)(F)F)cc1F. The summed E-state index contributed by atoms with van der Waals surface area (Å²) < 4.78 is 50.3.